The molecule has 0 aromatic carbocycles. The predicted octanol–water partition coefficient (Wildman–Crippen LogP) is 3.18. The Morgan fingerprint density at radius 1 is 1.43 bits per heavy atom. The van der Waals surface area contributed by atoms with Crippen LogP contribution in [0.15, 0.2) is 22.9 Å². The summed E-state index contributed by atoms with van der Waals surface area (Å²) in [5.41, 5.74) is 6.18. The number of aromatic nitrogens is 1. The minimum absolute atomic E-state index is 0. The highest BCUT2D eigenvalue weighted by Gasteiger charge is 2.31. The second-order valence-electron chi connectivity index (χ2n) is 4.67. The number of nitrogens with two attached hydrogens (primary N) is 1. The van der Waals surface area contributed by atoms with Crippen molar-refractivity contribution in [1.82, 2.24) is 10.3 Å². The number of thiophene rings is 1. The third-order valence-corrected chi connectivity index (χ3v) is 5.11. The fourth-order valence-corrected chi connectivity index (χ4v) is 3.62. The van der Waals surface area contributed by atoms with Gasteiger partial charge in [-0.2, -0.15) is 0 Å². The van der Waals surface area contributed by atoms with Crippen molar-refractivity contribution in [2.75, 3.05) is 6.54 Å². The van der Waals surface area contributed by atoms with E-state index in [1.54, 1.807) is 11.3 Å². The Labute approximate surface area is 144 Å². The molecule has 2 aromatic rings. The fourth-order valence-electron chi connectivity index (χ4n) is 2.00. The van der Waals surface area contributed by atoms with Crippen molar-refractivity contribution in [2.45, 2.75) is 18.9 Å². The summed E-state index contributed by atoms with van der Waals surface area (Å²) >= 11 is 3.13. The molecule has 116 valence electrons. The molecule has 1 aliphatic carbocycles. The van der Waals surface area contributed by atoms with E-state index in [0.717, 1.165) is 9.88 Å². The summed E-state index contributed by atoms with van der Waals surface area (Å²) in [6.45, 7) is 0.498. The van der Waals surface area contributed by atoms with E-state index in [9.17, 15) is 4.79 Å². The number of thiazole rings is 1. The molecule has 1 unspecified atom stereocenters. The number of carbonyl (C=O) groups excluding carboxylic acids is 1. The molecule has 0 bridgehead atoms. The summed E-state index contributed by atoms with van der Waals surface area (Å²) in [5.74, 6) is 0.450. The molecule has 3 N–H and O–H groups in total. The largest absolute Gasteiger partial charge is 0.346 e. The lowest BCUT2D eigenvalue weighted by molar-refractivity contribution is 0.0929. The molecule has 1 aliphatic rings. The summed E-state index contributed by atoms with van der Waals surface area (Å²) in [5, 5.41) is 7.70. The number of amides is 1. The van der Waals surface area contributed by atoms with Crippen molar-refractivity contribution in [1.29, 1.82) is 0 Å². The Morgan fingerprint density at radius 3 is 2.76 bits per heavy atom. The van der Waals surface area contributed by atoms with Crippen molar-refractivity contribution < 1.29 is 4.79 Å². The summed E-state index contributed by atoms with van der Waals surface area (Å²) in [6, 6.07) is 4.09. The van der Waals surface area contributed by atoms with Gasteiger partial charge in [0.15, 0.2) is 0 Å². The minimum Gasteiger partial charge on any atom is -0.346 e. The molecule has 1 fully saturated rings. The number of hydrogen-bond acceptors (Lipinski definition) is 5. The van der Waals surface area contributed by atoms with E-state index in [2.05, 4.69) is 10.3 Å². The second kappa shape index (κ2) is 8.10. The number of halogens is 2. The first-order valence-electron chi connectivity index (χ1n) is 6.28. The van der Waals surface area contributed by atoms with E-state index in [4.69, 9.17) is 5.73 Å². The highest BCUT2D eigenvalue weighted by Crippen LogP contribution is 2.32. The quantitative estimate of drug-likeness (QED) is 0.854. The van der Waals surface area contributed by atoms with Crippen LogP contribution in [0.25, 0.3) is 9.88 Å². The van der Waals surface area contributed by atoms with Crippen LogP contribution in [-0.4, -0.2) is 23.5 Å². The Kier molecular flexibility index (Phi) is 7.09. The van der Waals surface area contributed by atoms with E-state index in [-0.39, 0.29) is 36.8 Å². The molecule has 0 radical (unpaired) electrons. The summed E-state index contributed by atoms with van der Waals surface area (Å²) in [4.78, 5) is 17.6. The maximum atomic E-state index is 12.1. The van der Waals surface area contributed by atoms with Crippen LogP contribution in [0.3, 0.4) is 0 Å². The number of carbonyl (C=O) groups is 1. The molecule has 0 saturated heterocycles. The van der Waals surface area contributed by atoms with E-state index in [0.29, 0.717) is 18.2 Å². The van der Waals surface area contributed by atoms with Crippen LogP contribution in [0.1, 0.15) is 23.3 Å². The lowest BCUT2D eigenvalue weighted by Crippen LogP contribution is -2.41. The molecule has 8 heteroatoms. The maximum Gasteiger partial charge on any atom is 0.271 e. The van der Waals surface area contributed by atoms with E-state index >= 15 is 0 Å². The van der Waals surface area contributed by atoms with Gasteiger partial charge in [0.25, 0.3) is 5.91 Å². The highest BCUT2D eigenvalue weighted by atomic mass is 35.5. The molecule has 1 amide bonds. The average Bonchev–Trinajstić information content (AvgIpc) is 2.95. The van der Waals surface area contributed by atoms with Gasteiger partial charge in [-0.3, -0.25) is 4.79 Å². The van der Waals surface area contributed by atoms with Crippen molar-refractivity contribution in [3.05, 3.63) is 28.6 Å². The zero-order valence-corrected chi connectivity index (χ0v) is 14.4. The molecular formula is C13H17Cl2N3OS2. The zero-order valence-electron chi connectivity index (χ0n) is 11.2. The molecule has 0 aliphatic heterocycles. The Hall–Kier alpha value is -0.660. The van der Waals surface area contributed by atoms with Gasteiger partial charge in [0.1, 0.15) is 10.7 Å². The molecule has 4 nitrogen and oxygen atoms in total. The third-order valence-electron chi connectivity index (χ3n) is 3.23. The molecule has 2 aromatic heterocycles. The first-order valence-corrected chi connectivity index (χ1v) is 8.04. The van der Waals surface area contributed by atoms with Crippen LogP contribution in [0.2, 0.25) is 0 Å². The van der Waals surface area contributed by atoms with E-state index in [1.165, 1.54) is 24.2 Å². The van der Waals surface area contributed by atoms with Crippen molar-refractivity contribution in [3.8, 4) is 9.88 Å². The number of hydrogen-bond donors (Lipinski definition) is 2. The maximum absolute atomic E-state index is 12.1. The minimum atomic E-state index is -0.110. The standard InChI is InChI=1S/C13H15N3OS2.2ClH/c14-6-9(8-3-4-8)15-12(17)10-7-19-13(16-10)11-2-1-5-18-11;;/h1-2,5,7-9H,3-4,6,14H2,(H,15,17);2*1H. The van der Waals surface area contributed by atoms with Crippen molar-refractivity contribution >= 4 is 53.4 Å². The fraction of sp³-hybridized carbons (Fsp3) is 0.385. The van der Waals surface area contributed by atoms with Gasteiger partial charge in [-0.25, -0.2) is 4.98 Å². The van der Waals surface area contributed by atoms with E-state index < -0.39 is 0 Å². The molecule has 2 heterocycles. The zero-order chi connectivity index (χ0) is 13.2. The number of rotatable bonds is 5. The van der Waals surface area contributed by atoms with Gasteiger partial charge in [-0.15, -0.1) is 47.5 Å². The first-order chi connectivity index (χ1) is 9.28. The average molecular weight is 366 g/mol. The van der Waals surface area contributed by atoms with E-state index in [1.807, 2.05) is 22.9 Å². The molecule has 0 spiro atoms. The summed E-state index contributed by atoms with van der Waals surface area (Å²) in [6.07, 6.45) is 2.33. The lowest BCUT2D eigenvalue weighted by Gasteiger charge is -2.14. The van der Waals surface area contributed by atoms with Crippen LogP contribution >= 0.6 is 47.5 Å². The smallest absolute Gasteiger partial charge is 0.271 e. The molecule has 1 atom stereocenters. The third kappa shape index (κ3) is 4.40. The van der Waals surface area contributed by atoms with Gasteiger partial charge in [0.05, 0.1) is 4.88 Å². The van der Waals surface area contributed by atoms with Crippen molar-refractivity contribution in [3.63, 3.8) is 0 Å². The van der Waals surface area contributed by atoms with Gasteiger partial charge in [0, 0.05) is 18.0 Å². The van der Waals surface area contributed by atoms with Gasteiger partial charge in [-0.05, 0) is 30.2 Å². The van der Waals surface area contributed by atoms with Crippen LogP contribution in [0.5, 0.6) is 0 Å². The summed E-state index contributed by atoms with van der Waals surface area (Å²) < 4.78 is 0. The topological polar surface area (TPSA) is 68.0 Å². The second-order valence-corrected chi connectivity index (χ2v) is 6.47. The van der Waals surface area contributed by atoms with Crippen molar-refractivity contribution in [2.24, 2.45) is 11.7 Å². The van der Waals surface area contributed by atoms with Gasteiger partial charge in [0.2, 0.25) is 0 Å². The number of nitrogens with zero attached hydrogens (tertiary/aromatic N) is 1. The number of nitrogens with one attached hydrogen (secondary N) is 1. The molecule has 3 rings (SSSR count). The first kappa shape index (κ1) is 18.4. The van der Waals surface area contributed by atoms with Crippen LogP contribution in [-0.2, 0) is 0 Å². The highest BCUT2D eigenvalue weighted by molar-refractivity contribution is 7.20. The molecule has 1 saturated carbocycles. The predicted molar refractivity (Wildman–Crippen MR) is 93.0 cm³/mol. The van der Waals surface area contributed by atoms with Gasteiger partial charge in [-0.1, -0.05) is 6.07 Å². The summed E-state index contributed by atoms with van der Waals surface area (Å²) in [7, 11) is 0. The SMILES string of the molecule is Cl.Cl.NCC(NC(=O)c1csc(-c2cccs2)n1)C1CC1. The molecule has 21 heavy (non-hydrogen) atoms. The Balaban J connectivity index is 0.00000110. The van der Waals surface area contributed by atoms with Crippen LogP contribution in [0, 0.1) is 5.92 Å². The van der Waals surface area contributed by atoms with Gasteiger partial charge >= 0.3 is 0 Å². The normalized spacial score (nSPS) is 14.7. The Bertz CT molecular complexity index is 570. The van der Waals surface area contributed by atoms with Gasteiger partial charge < -0.3 is 11.1 Å². The lowest BCUT2D eigenvalue weighted by atomic mass is 10.2. The monoisotopic (exact) mass is 365 g/mol. The van der Waals surface area contributed by atoms with Crippen LogP contribution < -0.4 is 11.1 Å². The molecular weight excluding hydrogens is 349 g/mol. The Morgan fingerprint density at radius 2 is 2.19 bits per heavy atom. The van der Waals surface area contributed by atoms with Crippen LogP contribution in [0.4, 0.5) is 0 Å².